The normalized spacial score (nSPS) is 18.7. The van der Waals surface area contributed by atoms with Gasteiger partial charge in [-0.1, -0.05) is 30.3 Å². The van der Waals surface area contributed by atoms with Gasteiger partial charge in [-0.25, -0.2) is 9.59 Å². The van der Waals surface area contributed by atoms with Gasteiger partial charge in [0.15, 0.2) is 11.9 Å². The highest BCUT2D eigenvalue weighted by Crippen LogP contribution is 2.43. The average Bonchev–Trinajstić information content (AvgIpc) is 3.24. The Bertz CT molecular complexity index is 854. The van der Waals surface area contributed by atoms with Crippen molar-refractivity contribution in [2.75, 3.05) is 20.0 Å². The third kappa shape index (κ3) is 7.93. The smallest absolute Gasteiger partial charge is 0.469 e. The number of Topliss-reactive ketones (excluding diaryl/α,β-unsaturated/α-hetero) is 1. The minimum absolute atomic E-state index is 0.0674. The van der Waals surface area contributed by atoms with Crippen molar-refractivity contribution < 1.29 is 38.1 Å². The standard InChI is InChI=1S/C24H33NO8S/c1-24(2,3)33-22(28)25-17(15-34-21(25)16-11-7-6-8-12-16)20(32-23(29)31-5)18(26)13-9-10-14-19(27)30-4/h6-8,11-12,17,20-21H,9-10,13-15H2,1-5H3/t17-,20-,21+/m0/s1. The van der Waals surface area contributed by atoms with E-state index in [1.54, 1.807) is 20.8 Å². The molecule has 0 bridgehead atoms. The quantitative estimate of drug-likeness (QED) is 0.278. The minimum Gasteiger partial charge on any atom is -0.469 e. The molecule has 2 rings (SSSR count). The second-order valence-electron chi connectivity index (χ2n) is 8.79. The first-order valence-corrected chi connectivity index (χ1v) is 12.1. The van der Waals surface area contributed by atoms with Crippen LogP contribution < -0.4 is 0 Å². The fourth-order valence-electron chi connectivity index (χ4n) is 3.50. The number of rotatable bonds is 9. The monoisotopic (exact) mass is 495 g/mol. The maximum atomic E-state index is 13.3. The van der Waals surface area contributed by atoms with E-state index in [0.29, 0.717) is 18.6 Å². The van der Waals surface area contributed by atoms with Crippen LogP contribution in [0.2, 0.25) is 0 Å². The van der Waals surface area contributed by atoms with Crippen LogP contribution in [-0.4, -0.2) is 66.6 Å². The van der Waals surface area contributed by atoms with Gasteiger partial charge >= 0.3 is 18.2 Å². The number of carbonyl (C=O) groups is 4. The zero-order valence-electron chi connectivity index (χ0n) is 20.3. The number of thioether (sulfide) groups is 1. The molecule has 10 heteroatoms. The molecule has 0 aromatic heterocycles. The molecule has 1 aliphatic heterocycles. The summed E-state index contributed by atoms with van der Waals surface area (Å²) in [5.41, 5.74) is 0.107. The Morgan fingerprint density at radius 2 is 1.68 bits per heavy atom. The van der Waals surface area contributed by atoms with Crippen molar-refractivity contribution in [2.45, 2.75) is 69.6 Å². The van der Waals surface area contributed by atoms with Crippen LogP contribution in [0, 0.1) is 0 Å². The van der Waals surface area contributed by atoms with E-state index < -0.39 is 35.4 Å². The van der Waals surface area contributed by atoms with Crippen molar-refractivity contribution in [3.8, 4) is 0 Å². The summed E-state index contributed by atoms with van der Waals surface area (Å²) >= 11 is 1.46. The molecule has 1 amide bonds. The molecule has 0 radical (unpaired) electrons. The molecule has 0 saturated carbocycles. The molecule has 0 unspecified atom stereocenters. The fraction of sp³-hybridized carbons (Fsp3) is 0.583. The van der Waals surface area contributed by atoms with E-state index in [0.717, 1.165) is 12.7 Å². The van der Waals surface area contributed by atoms with Crippen molar-refractivity contribution in [1.82, 2.24) is 4.90 Å². The van der Waals surface area contributed by atoms with Crippen LogP contribution in [0.4, 0.5) is 9.59 Å². The van der Waals surface area contributed by atoms with Gasteiger partial charge in [0.05, 0.1) is 20.3 Å². The zero-order chi connectivity index (χ0) is 25.3. The molecule has 0 spiro atoms. The van der Waals surface area contributed by atoms with Crippen molar-refractivity contribution >= 4 is 35.8 Å². The molecule has 1 fully saturated rings. The largest absolute Gasteiger partial charge is 0.508 e. The number of benzene rings is 1. The summed E-state index contributed by atoms with van der Waals surface area (Å²) in [5, 5.41) is -0.420. The zero-order valence-corrected chi connectivity index (χ0v) is 21.1. The Hall–Kier alpha value is -2.75. The fourth-order valence-corrected chi connectivity index (χ4v) is 4.97. The summed E-state index contributed by atoms with van der Waals surface area (Å²) in [4.78, 5) is 51.2. The Kier molecular flexibility index (Phi) is 10.2. The van der Waals surface area contributed by atoms with Crippen LogP contribution in [0.25, 0.3) is 0 Å². The van der Waals surface area contributed by atoms with Crippen molar-refractivity contribution in [3.63, 3.8) is 0 Å². The number of esters is 1. The van der Waals surface area contributed by atoms with E-state index in [1.807, 2.05) is 30.3 Å². The highest BCUT2D eigenvalue weighted by molar-refractivity contribution is 7.99. The number of ketones is 1. The summed E-state index contributed by atoms with van der Waals surface area (Å²) in [6, 6.07) is 8.64. The maximum Gasteiger partial charge on any atom is 0.508 e. The first-order chi connectivity index (χ1) is 16.1. The van der Waals surface area contributed by atoms with Gasteiger partial charge in [0.25, 0.3) is 0 Å². The summed E-state index contributed by atoms with van der Waals surface area (Å²) in [6.45, 7) is 5.28. The van der Waals surface area contributed by atoms with Gasteiger partial charge in [0.1, 0.15) is 11.0 Å². The van der Waals surface area contributed by atoms with Gasteiger partial charge in [0.2, 0.25) is 0 Å². The van der Waals surface area contributed by atoms with Gasteiger partial charge in [-0.2, -0.15) is 0 Å². The van der Waals surface area contributed by atoms with Crippen LogP contribution in [0.3, 0.4) is 0 Å². The average molecular weight is 496 g/mol. The molecule has 34 heavy (non-hydrogen) atoms. The Morgan fingerprint density at radius 1 is 1.03 bits per heavy atom. The van der Waals surface area contributed by atoms with Crippen LogP contribution in [0.1, 0.15) is 57.4 Å². The van der Waals surface area contributed by atoms with E-state index in [-0.39, 0.29) is 24.6 Å². The van der Waals surface area contributed by atoms with Gasteiger partial charge in [-0.15, -0.1) is 11.8 Å². The number of hydrogen-bond donors (Lipinski definition) is 0. The van der Waals surface area contributed by atoms with Crippen LogP contribution in [0.5, 0.6) is 0 Å². The number of nitrogens with zero attached hydrogens (tertiary/aromatic N) is 1. The highest BCUT2D eigenvalue weighted by Gasteiger charge is 2.47. The summed E-state index contributed by atoms with van der Waals surface area (Å²) in [5.74, 6) is -0.360. The molecule has 188 valence electrons. The number of hydrogen-bond acceptors (Lipinski definition) is 9. The van der Waals surface area contributed by atoms with E-state index in [4.69, 9.17) is 9.47 Å². The number of ether oxygens (including phenoxy) is 4. The van der Waals surface area contributed by atoms with Crippen molar-refractivity contribution in [1.29, 1.82) is 0 Å². The molecule has 3 atom stereocenters. The van der Waals surface area contributed by atoms with Crippen molar-refractivity contribution in [2.24, 2.45) is 0 Å². The lowest BCUT2D eigenvalue weighted by atomic mass is 10.0. The second kappa shape index (κ2) is 12.6. The van der Waals surface area contributed by atoms with Crippen LogP contribution in [-0.2, 0) is 28.5 Å². The lowest BCUT2D eigenvalue weighted by Crippen LogP contribution is -2.51. The first kappa shape index (κ1) is 27.5. The molecule has 1 aromatic rings. The maximum absolute atomic E-state index is 13.3. The van der Waals surface area contributed by atoms with Gasteiger partial charge in [-0.05, 0) is 39.2 Å². The van der Waals surface area contributed by atoms with Gasteiger partial charge < -0.3 is 18.9 Å². The second-order valence-corrected chi connectivity index (χ2v) is 9.91. The third-order valence-electron chi connectivity index (χ3n) is 5.06. The number of amides is 1. The summed E-state index contributed by atoms with van der Waals surface area (Å²) in [7, 11) is 2.46. The van der Waals surface area contributed by atoms with E-state index in [9.17, 15) is 19.2 Å². The van der Waals surface area contributed by atoms with Gasteiger partial charge in [-0.3, -0.25) is 14.5 Å². The molecular weight excluding hydrogens is 462 g/mol. The van der Waals surface area contributed by atoms with Crippen LogP contribution >= 0.6 is 11.8 Å². The Balaban J connectivity index is 2.29. The number of carbonyl (C=O) groups excluding carboxylic acids is 4. The lowest BCUT2D eigenvalue weighted by Gasteiger charge is -2.34. The SMILES string of the molecule is COC(=O)CCCCC(=O)[C@@H](OC(=O)OC)[C@@H]1CS[C@H](c2ccccc2)N1C(=O)OC(C)(C)C. The predicted molar refractivity (Wildman–Crippen MR) is 126 cm³/mol. The Morgan fingerprint density at radius 3 is 2.26 bits per heavy atom. The molecule has 0 aliphatic carbocycles. The van der Waals surface area contributed by atoms with Crippen LogP contribution in [0.15, 0.2) is 30.3 Å². The molecule has 9 nitrogen and oxygen atoms in total. The van der Waals surface area contributed by atoms with E-state index >= 15 is 0 Å². The minimum atomic E-state index is -1.24. The van der Waals surface area contributed by atoms with Gasteiger partial charge in [0, 0.05) is 18.6 Å². The predicted octanol–water partition coefficient (Wildman–Crippen LogP) is 4.49. The molecule has 1 aliphatic rings. The number of methoxy groups -OCH3 is 2. The summed E-state index contributed by atoms with van der Waals surface area (Å²) < 4.78 is 20.3. The highest BCUT2D eigenvalue weighted by atomic mass is 32.2. The first-order valence-electron chi connectivity index (χ1n) is 11.1. The number of unbranched alkanes of at least 4 members (excludes halogenated alkanes) is 1. The van der Waals surface area contributed by atoms with E-state index in [2.05, 4.69) is 9.47 Å². The molecule has 1 heterocycles. The summed E-state index contributed by atoms with van der Waals surface area (Å²) in [6.07, 6.45) is -1.74. The molecule has 1 saturated heterocycles. The van der Waals surface area contributed by atoms with Crippen molar-refractivity contribution in [3.05, 3.63) is 35.9 Å². The molecule has 0 N–H and O–H groups in total. The molecule has 1 aromatic carbocycles. The lowest BCUT2D eigenvalue weighted by molar-refractivity contribution is -0.141. The third-order valence-corrected chi connectivity index (χ3v) is 6.41. The topological polar surface area (TPSA) is 108 Å². The molecular formula is C24H33NO8S. The van der Waals surface area contributed by atoms with E-state index in [1.165, 1.54) is 23.8 Å². The Labute approximate surface area is 204 Å².